The fraction of sp³-hybridized carbons (Fsp3) is 0.429. The maximum atomic E-state index is 13.2. The topological polar surface area (TPSA) is 69.4 Å². The van der Waals surface area contributed by atoms with E-state index < -0.39 is 23.2 Å². The summed E-state index contributed by atoms with van der Waals surface area (Å²) in [6.45, 7) is 3.72. The SMILES string of the molecule is CCOC(=O)CC1(C)c2ccc(F)cc2C(=O)C1N. The van der Waals surface area contributed by atoms with E-state index in [1.807, 2.05) is 0 Å². The number of nitrogens with two attached hydrogens (primary N) is 1. The Morgan fingerprint density at radius 1 is 1.53 bits per heavy atom. The first kappa shape index (κ1) is 13.7. The first-order valence-electron chi connectivity index (χ1n) is 6.15. The van der Waals surface area contributed by atoms with E-state index in [0.717, 1.165) is 0 Å². The number of benzene rings is 1. The average Bonchev–Trinajstić information content (AvgIpc) is 2.52. The number of esters is 1. The summed E-state index contributed by atoms with van der Waals surface area (Å²) in [6, 6.07) is 3.12. The van der Waals surface area contributed by atoms with Crippen molar-refractivity contribution < 1.29 is 18.7 Å². The van der Waals surface area contributed by atoms with Crippen LogP contribution in [0.1, 0.15) is 36.2 Å². The summed E-state index contributed by atoms with van der Waals surface area (Å²) < 4.78 is 18.1. The van der Waals surface area contributed by atoms with Crippen LogP contribution >= 0.6 is 0 Å². The minimum absolute atomic E-state index is 0.00633. The van der Waals surface area contributed by atoms with Crippen molar-refractivity contribution >= 4 is 11.8 Å². The zero-order valence-electron chi connectivity index (χ0n) is 10.9. The maximum absolute atomic E-state index is 13.2. The molecule has 0 saturated heterocycles. The zero-order chi connectivity index (χ0) is 14.2. The smallest absolute Gasteiger partial charge is 0.306 e. The molecule has 0 saturated carbocycles. The van der Waals surface area contributed by atoms with E-state index in [-0.39, 0.29) is 24.4 Å². The molecule has 4 nitrogen and oxygen atoms in total. The van der Waals surface area contributed by atoms with Crippen LogP contribution in [0.15, 0.2) is 18.2 Å². The van der Waals surface area contributed by atoms with Crippen molar-refractivity contribution in [1.29, 1.82) is 0 Å². The maximum Gasteiger partial charge on any atom is 0.306 e. The Morgan fingerprint density at radius 3 is 2.84 bits per heavy atom. The number of fused-ring (bicyclic) bond motifs is 1. The molecule has 0 heterocycles. The molecule has 1 aromatic rings. The number of carbonyl (C=O) groups excluding carboxylic acids is 2. The standard InChI is InChI=1S/C14H16FNO3/c1-3-19-11(17)7-14(2)10-5-4-8(15)6-9(10)12(18)13(14)16/h4-6,13H,3,7,16H2,1-2H3. The summed E-state index contributed by atoms with van der Waals surface area (Å²) >= 11 is 0. The van der Waals surface area contributed by atoms with Gasteiger partial charge in [0.25, 0.3) is 0 Å². The van der Waals surface area contributed by atoms with Gasteiger partial charge >= 0.3 is 5.97 Å². The summed E-state index contributed by atoms with van der Waals surface area (Å²) in [7, 11) is 0. The molecule has 0 amide bonds. The minimum Gasteiger partial charge on any atom is -0.466 e. The van der Waals surface area contributed by atoms with E-state index in [1.54, 1.807) is 13.8 Å². The third-order valence-electron chi connectivity index (χ3n) is 3.65. The minimum atomic E-state index is -0.853. The Bertz CT molecular complexity index is 543. The Hall–Kier alpha value is -1.75. The van der Waals surface area contributed by atoms with Gasteiger partial charge in [-0.2, -0.15) is 0 Å². The molecule has 0 aromatic heterocycles. The predicted octanol–water partition coefficient (Wildman–Crippen LogP) is 1.56. The van der Waals surface area contributed by atoms with Crippen molar-refractivity contribution in [2.75, 3.05) is 6.61 Å². The number of rotatable bonds is 3. The van der Waals surface area contributed by atoms with Gasteiger partial charge < -0.3 is 10.5 Å². The Balaban J connectivity index is 2.42. The quantitative estimate of drug-likeness (QED) is 0.842. The summed E-state index contributed by atoms with van der Waals surface area (Å²) in [5.41, 5.74) is 5.95. The fourth-order valence-electron chi connectivity index (χ4n) is 2.56. The van der Waals surface area contributed by atoms with Crippen molar-refractivity contribution in [2.24, 2.45) is 5.73 Å². The molecule has 1 aliphatic carbocycles. The molecule has 102 valence electrons. The molecule has 0 bridgehead atoms. The highest BCUT2D eigenvalue weighted by molar-refractivity contribution is 6.06. The van der Waals surface area contributed by atoms with E-state index in [0.29, 0.717) is 5.56 Å². The molecule has 0 spiro atoms. The van der Waals surface area contributed by atoms with Crippen molar-refractivity contribution in [3.05, 3.63) is 35.1 Å². The first-order chi connectivity index (χ1) is 8.90. The lowest BCUT2D eigenvalue weighted by molar-refractivity contribution is -0.144. The molecule has 2 N–H and O–H groups in total. The molecule has 0 fully saturated rings. The lowest BCUT2D eigenvalue weighted by Gasteiger charge is -2.28. The number of hydrogen-bond donors (Lipinski definition) is 1. The lowest BCUT2D eigenvalue weighted by atomic mass is 9.78. The van der Waals surface area contributed by atoms with Gasteiger partial charge in [0.05, 0.1) is 19.1 Å². The highest BCUT2D eigenvalue weighted by Gasteiger charge is 2.48. The van der Waals surface area contributed by atoms with Gasteiger partial charge in [0.1, 0.15) is 5.82 Å². The van der Waals surface area contributed by atoms with Gasteiger partial charge in [-0.25, -0.2) is 4.39 Å². The molecule has 0 radical (unpaired) electrons. The van der Waals surface area contributed by atoms with E-state index in [1.165, 1.54) is 18.2 Å². The molecule has 2 rings (SSSR count). The van der Waals surface area contributed by atoms with Gasteiger partial charge in [-0.1, -0.05) is 13.0 Å². The van der Waals surface area contributed by atoms with Crippen LogP contribution in [0, 0.1) is 5.82 Å². The van der Waals surface area contributed by atoms with Crippen molar-refractivity contribution in [2.45, 2.75) is 31.7 Å². The highest BCUT2D eigenvalue weighted by atomic mass is 19.1. The van der Waals surface area contributed by atoms with Crippen molar-refractivity contribution in [3.63, 3.8) is 0 Å². The molecule has 1 aromatic carbocycles. The van der Waals surface area contributed by atoms with Crippen molar-refractivity contribution in [3.8, 4) is 0 Å². The number of hydrogen-bond acceptors (Lipinski definition) is 4. The summed E-state index contributed by atoms with van der Waals surface area (Å²) in [5, 5.41) is 0. The monoisotopic (exact) mass is 265 g/mol. The second-order valence-corrected chi connectivity index (χ2v) is 4.93. The van der Waals surface area contributed by atoms with E-state index >= 15 is 0 Å². The van der Waals surface area contributed by atoms with Crippen LogP contribution in [0.2, 0.25) is 0 Å². The van der Waals surface area contributed by atoms with Crippen LogP contribution in [0.5, 0.6) is 0 Å². The number of halogens is 1. The summed E-state index contributed by atoms with van der Waals surface area (Å²) in [4.78, 5) is 23.7. The highest BCUT2D eigenvalue weighted by Crippen LogP contribution is 2.41. The lowest BCUT2D eigenvalue weighted by Crippen LogP contribution is -2.44. The van der Waals surface area contributed by atoms with Crippen LogP contribution in [-0.2, 0) is 14.9 Å². The first-order valence-corrected chi connectivity index (χ1v) is 6.15. The molecule has 0 aliphatic heterocycles. The van der Waals surface area contributed by atoms with Crippen molar-refractivity contribution in [1.82, 2.24) is 0 Å². The molecular weight excluding hydrogens is 249 g/mol. The van der Waals surface area contributed by atoms with Gasteiger partial charge in [0, 0.05) is 11.0 Å². The Morgan fingerprint density at radius 2 is 2.21 bits per heavy atom. The molecular formula is C14H16FNO3. The van der Waals surface area contributed by atoms with E-state index in [9.17, 15) is 14.0 Å². The average molecular weight is 265 g/mol. The number of Topliss-reactive ketones (excluding diaryl/α,β-unsaturated/α-hetero) is 1. The molecule has 2 atom stereocenters. The molecule has 5 heteroatoms. The van der Waals surface area contributed by atoms with E-state index in [4.69, 9.17) is 10.5 Å². The second-order valence-electron chi connectivity index (χ2n) is 4.93. The molecule has 2 unspecified atom stereocenters. The van der Waals surface area contributed by atoms with Crippen LogP contribution in [0.4, 0.5) is 4.39 Å². The Kier molecular flexibility index (Phi) is 3.41. The van der Waals surface area contributed by atoms with Gasteiger partial charge in [0.15, 0.2) is 5.78 Å². The number of carbonyl (C=O) groups is 2. The number of ether oxygens (including phenoxy) is 1. The summed E-state index contributed by atoms with van der Waals surface area (Å²) in [6.07, 6.45) is 0.00633. The van der Waals surface area contributed by atoms with Crippen LogP contribution in [-0.4, -0.2) is 24.4 Å². The van der Waals surface area contributed by atoms with Crippen LogP contribution in [0.3, 0.4) is 0 Å². The van der Waals surface area contributed by atoms with E-state index in [2.05, 4.69) is 0 Å². The largest absolute Gasteiger partial charge is 0.466 e. The third-order valence-corrected chi connectivity index (χ3v) is 3.65. The predicted molar refractivity (Wildman–Crippen MR) is 67.3 cm³/mol. The number of ketones is 1. The molecule has 1 aliphatic rings. The van der Waals surface area contributed by atoms with Gasteiger partial charge in [-0.05, 0) is 24.6 Å². The second kappa shape index (κ2) is 4.74. The van der Waals surface area contributed by atoms with Gasteiger partial charge in [0.2, 0.25) is 0 Å². The van der Waals surface area contributed by atoms with Gasteiger partial charge in [-0.15, -0.1) is 0 Å². The summed E-state index contributed by atoms with van der Waals surface area (Å²) in [5.74, 6) is -1.23. The fourth-order valence-corrected chi connectivity index (χ4v) is 2.56. The van der Waals surface area contributed by atoms with Crippen LogP contribution in [0.25, 0.3) is 0 Å². The molecule has 19 heavy (non-hydrogen) atoms. The van der Waals surface area contributed by atoms with Crippen LogP contribution < -0.4 is 5.73 Å². The normalized spacial score (nSPS) is 25.3. The Labute approximate surface area is 110 Å². The van der Waals surface area contributed by atoms with Gasteiger partial charge in [-0.3, -0.25) is 9.59 Å². The third kappa shape index (κ3) is 2.14. The zero-order valence-corrected chi connectivity index (χ0v) is 10.9.